The summed E-state index contributed by atoms with van der Waals surface area (Å²) in [5.41, 5.74) is 0. The van der Waals surface area contributed by atoms with Crippen LogP contribution in [0.15, 0.2) is 4.34 Å². The van der Waals surface area contributed by atoms with E-state index in [0.29, 0.717) is 25.9 Å². The first-order valence-electron chi connectivity index (χ1n) is 6.15. The van der Waals surface area contributed by atoms with Crippen LogP contribution < -0.4 is 5.32 Å². The summed E-state index contributed by atoms with van der Waals surface area (Å²) in [6, 6.07) is 0. The van der Waals surface area contributed by atoms with Crippen molar-refractivity contribution in [3.05, 3.63) is 0 Å². The van der Waals surface area contributed by atoms with Gasteiger partial charge < -0.3 is 10.4 Å². The Morgan fingerprint density at radius 2 is 2.10 bits per heavy atom. The predicted molar refractivity (Wildman–Crippen MR) is 72.8 cm³/mol. The summed E-state index contributed by atoms with van der Waals surface area (Å²) >= 11 is 0.835. The van der Waals surface area contributed by atoms with Crippen molar-refractivity contribution < 1.29 is 18.3 Å². The number of rotatable bonds is 4. The van der Waals surface area contributed by atoms with E-state index in [9.17, 15) is 13.2 Å². The van der Waals surface area contributed by atoms with Crippen LogP contribution in [-0.4, -0.2) is 53.6 Å². The van der Waals surface area contributed by atoms with Gasteiger partial charge in [0, 0.05) is 26.6 Å². The second-order valence-corrected chi connectivity index (χ2v) is 7.67. The normalized spacial score (nSPS) is 18.1. The molecule has 10 heteroatoms. The van der Waals surface area contributed by atoms with Crippen molar-refractivity contribution in [2.45, 2.75) is 24.1 Å². The molecule has 1 aliphatic rings. The molecular formula is C10H16N4O4S2. The first-order chi connectivity index (χ1) is 9.43. The molecule has 2 rings (SSSR count). The number of nitrogens with one attached hydrogen (secondary N) is 1. The highest BCUT2D eigenvalue weighted by Crippen LogP contribution is 2.26. The molecule has 0 aromatic carbocycles. The van der Waals surface area contributed by atoms with Crippen LogP contribution in [0, 0.1) is 5.92 Å². The van der Waals surface area contributed by atoms with Gasteiger partial charge in [-0.1, -0.05) is 11.3 Å². The van der Waals surface area contributed by atoms with Gasteiger partial charge in [-0.15, -0.1) is 10.2 Å². The molecule has 1 amide bonds. The first-order valence-corrected chi connectivity index (χ1v) is 8.41. The Hall–Kier alpha value is -1.10. The molecule has 20 heavy (non-hydrogen) atoms. The van der Waals surface area contributed by atoms with E-state index >= 15 is 0 Å². The van der Waals surface area contributed by atoms with Crippen molar-refractivity contribution in [3.63, 3.8) is 0 Å². The third kappa shape index (κ3) is 3.32. The van der Waals surface area contributed by atoms with E-state index in [1.165, 1.54) is 11.2 Å². The standard InChI is InChI=1S/C10H16N4O4S2/c1-7(16)11-9-12-13-10(19-9)20(17,18)14-4-2-8(6-15)3-5-14/h8,15H,2-6H2,1H3,(H,11,12,16). The summed E-state index contributed by atoms with van der Waals surface area (Å²) in [5.74, 6) is -0.167. The summed E-state index contributed by atoms with van der Waals surface area (Å²) in [7, 11) is -3.66. The second kappa shape index (κ2) is 6.12. The molecule has 0 saturated carbocycles. The van der Waals surface area contributed by atoms with E-state index in [2.05, 4.69) is 15.5 Å². The van der Waals surface area contributed by atoms with Gasteiger partial charge in [0.1, 0.15) is 0 Å². The molecule has 8 nitrogen and oxygen atoms in total. The molecule has 0 aliphatic carbocycles. The quantitative estimate of drug-likeness (QED) is 0.749. The van der Waals surface area contributed by atoms with Crippen LogP contribution in [0.4, 0.5) is 5.13 Å². The smallest absolute Gasteiger partial charge is 0.272 e. The maximum absolute atomic E-state index is 12.3. The Balaban J connectivity index is 2.10. The Bertz CT molecular complexity index is 578. The number of sulfonamides is 1. The lowest BCUT2D eigenvalue weighted by molar-refractivity contribution is -0.114. The highest BCUT2D eigenvalue weighted by molar-refractivity contribution is 7.91. The average molecular weight is 320 g/mol. The number of carbonyl (C=O) groups excluding carboxylic acids is 1. The highest BCUT2D eigenvalue weighted by Gasteiger charge is 2.32. The zero-order valence-corrected chi connectivity index (χ0v) is 12.6. The van der Waals surface area contributed by atoms with E-state index in [1.54, 1.807) is 0 Å². The van der Waals surface area contributed by atoms with Gasteiger partial charge in [-0.05, 0) is 18.8 Å². The van der Waals surface area contributed by atoms with Crippen LogP contribution in [0.25, 0.3) is 0 Å². The van der Waals surface area contributed by atoms with E-state index < -0.39 is 10.0 Å². The molecule has 112 valence electrons. The van der Waals surface area contributed by atoms with Gasteiger partial charge in [-0.3, -0.25) is 4.79 Å². The second-order valence-electron chi connectivity index (χ2n) is 4.58. The first kappa shape index (κ1) is 15.3. The number of nitrogens with zero attached hydrogens (tertiary/aromatic N) is 3. The number of aliphatic hydroxyl groups is 1. The molecule has 2 heterocycles. The van der Waals surface area contributed by atoms with Gasteiger partial charge in [0.25, 0.3) is 10.0 Å². The number of anilines is 1. The van der Waals surface area contributed by atoms with Gasteiger partial charge in [0.2, 0.25) is 15.4 Å². The molecule has 1 saturated heterocycles. The molecule has 0 unspecified atom stereocenters. The average Bonchev–Trinajstić information content (AvgIpc) is 2.87. The Morgan fingerprint density at radius 3 is 2.65 bits per heavy atom. The van der Waals surface area contributed by atoms with Crippen molar-refractivity contribution in [3.8, 4) is 0 Å². The maximum Gasteiger partial charge on any atom is 0.272 e. The summed E-state index contributed by atoms with van der Waals surface area (Å²) in [5, 5.41) is 18.9. The SMILES string of the molecule is CC(=O)Nc1nnc(S(=O)(=O)N2CCC(CO)CC2)s1. The molecule has 1 aromatic rings. The zero-order chi connectivity index (χ0) is 14.8. The minimum Gasteiger partial charge on any atom is -0.396 e. The monoisotopic (exact) mass is 320 g/mol. The highest BCUT2D eigenvalue weighted by atomic mass is 32.2. The molecular weight excluding hydrogens is 304 g/mol. The number of hydrogen-bond acceptors (Lipinski definition) is 7. The van der Waals surface area contributed by atoms with Crippen molar-refractivity contribution in [2.75, 3.05) is 25.0 Å². The van der Waals surface area contributed by atoms with Crippen LogP contribution >= 0.6 is 11.3 Å². The summed E-state index contributed by atoms with van der Waals surface area (Å²) in [4.78, 5) is 10.9. The van der Waals surface area contributed by atoms with Crippen molar-refractivity contribution in [1.29, 1.82) is 0 Å². The van der Waals surface area contributed by atoms with Gasteiger partial charge in [-0.2, -0.15) is 4.31 Å². The fourth-order valence-corrected chi connectivity index (χ4v) is 4.51. The summed E-state index contributed by atoms with van der Waals surface area (Å²) in [6.07, 6.45) is 1.26. The third-order valence-corrected chi connectivity index (χ3v) is 6.16. The van der Waals surface area contributed by atoms with Crippen LogP contribution in [0.2, 0.25) is 0 Å². The number of piperidine rings is 1. The fraction of sp³-hybridized carbons (Fsp3) is 0.700. The van der Waals surface area contributed by atoms with E-state index in [4.69, 9.17) is 5.11 Å². The van der Waals surface area contributed by atoms with Crippen molar-refractivity contribution in [1.82, 2.24) is 14.5 Å². The Morgan fingerprint density at radius 1 is 1.45 bits per heavy atom. The Labute approximate surface area is 120 Å². The maximum atomic E-state index is 12.3. The van der Waals surface area contributed by atoms with E-state index in [0.717, 1.165) is 11.3 Å². The van der Waals surface area contributed by atoms with Crippen LogP contribution in [0.3, 0.4) is 0 Å². The molecule has 0 atom stereocenters. The van der Waals surface area contributed by atoms with Crippen molar-refractivity contribution in [2.24, 2.45) is 5.92 Å². The molecule has 0 radical (unpaired) electrons. The zero-order valence-electron chi connectivity index (χ0n) is 10.9. The van der Waals surface area contributed by atoms with Gasteiger partial charge >= 0.3 is 0 Å². The predicted octanol–water partition coefficient (Wildman–Crippen LogP) is -0.111. The lowest BCUT2D eigenvalue weighted by Crippen LogP contribution is -2.39. The fourth-order valence-electron chi connectivity index (χ4n) is 1.96. The number of aliphatic hydroxyl groups excluding tert-OH is 1. The lowest BCUT2D eigenvalue weighted by atomic mass is 10.00. The number of amides is 1. The molecule has 0 bridgehead atoms. The summed E-state index contributed by atoms with van der Waals surface area (Å²) in [6.45, 7) is 2.12. The molecule has 1 fully saturated rings. The third-order valence-electron chi connectivity index (χ3n) is 3.08. The van der Waals surface area contributed by atoms with E-state index in [1.807, 2.05) is 0 Å². The Kier molecular flexibility index (Phi) is 4.68. The molecule has 1 aromatic heterocycles. The van der Waals surface area contributed by atoms with Crippen LogP contribution in [-0.2, 0) is 14.8 Å². The topological polar surface area (TPSA) is 112 Å². The number of aromatic nitrogens is 2. The van der Waals surface area contributed by atoms with Gasteiger partial charge in [-0.25, -0.2) is 8.42 Å². The molecule has 1 aliphatic heterocycles. The van der Waals surface area contributed by atoms with Crippen LogP contribution in [0.1, 0.15) is 19.8 Å². The number of hydrogen-bond donors (Lipinski definition) is 2. The minimum absolute atomic E-state index is 0.0827. The number of carbonyl (C=O) groups is 1. The molecule has 0 spiro atoms. The summed E-state index contributed by atoms with van der Waals surface area (Å²) < 4.78 is 25.9. The lowest BCUT2D eigenvalue weighted by Gasteiger charge is -2.29. The van der Waals surface area contributed by atoms with E-state index in [-0.39, 0.29) is 27.9 Å². The molecule has 2 N–H and O–H groups in total. The largest absolute Gasteiger partial charge is 0.396 e. The van der Waals surface area contributed by atoms with Crippen LogP contribution in [0.5, 0.6) is 0 Å². The minimum atomic E-state index is -3.66. The van der Waals surface area contributed by atoms with Gasteiger partial charge in [0.05, 0.1) is 0 Å². The van der Waals surface area contributed by atoms with Gasteiger partial charge in [0.15, 0.2) is 0 Å². The van der Waals surface area contributed by atoms with Crippen molar-refractivity contribution >= 4 is 32.4 Å².